The van der Waals surface area contributed by atoms with Crippen molar-refractivity contribution in [2.24, 2.45) is 0 Å². The minimum absolute atomic E-state index is 0.0408. The lowest BCUT2D eigenvalue weighted by molar-refractivity contribution is -0.116. The first kappa shape index (κ1) is 15.3. The standard InChI is InChI=1S/C19H17NO2S/c21-19(11-10-15-6-2-1-3-7-15)20-14-16(17-8-4-12-22-17)18-9-5-13-23-18/h1-13,16H,14H2,(H,20,21)/b11-10+/t16-/m0/s1. The maximum absolute atomic E-state index is 12.0. The van der Waals surface area contributed by atoms with Crippen LogP contribution in [0.25, 0.3) is 6.08 Å². The molecule has 0 aliphatic heterocycles. The van der Waals surface area contributed by atoms with Crippen molar-refractivity contribution in [3.8, 4) is 0 Å². The number of nitrogens with one attached hydrogen (secondary N) is 1. The Morgan fingerprint density at radius 1 is 1.13 bits per heavy atom. The highest BCUT2D eigenvalue weighted by molar-refractivity contribution is 7.10. The third-order valence-corrected chi connectivity index (χ3v) is 4.47. The molecule has 0 saturated heterocycles. The van der Waals surface area contributed by atoms with Gasteiger partial charge in [-0.3, -0.25) is 4.79 Å². The summed E-state index contributed by atoms with van der Waals surface area (Å²) in [4.78, 5) is 13.2. The maximum Gasteiger partial charge on any atom is 0.244 e. The number of hydrogen-bond donors (Lipinski definition) is 1. The van der Waals surface area contributed by atoms with E-state index in [0.717, 1.165) is 11.3 Å². The Labute approximate surface area is 139 Å². The number of furan rings is 1. The summed E-state index contributed by atoms with van der Waals surface area (Å²) in [5.74, 6) is 0.792. The van der Waals surface area contributed by atoms with Gasteiger partial charge in [0.05, 0.1) is 12.2 Å². The van der Waals surface area contributed by atoms with Crippen LogP contribution >= 0.6 is 11.3 Å². The number of hydrogen-bond acceptors (Lipinski definition) is 3. The minimum Gasteiger partial charge on any atom is -0.469 e. The first-order valence-electron chi connectivity index (χ1n) is 7.40. The van der Waals surface area contributed by atoms with E-state index in [2.05, 4.69) is 11.4 Å². The average Bonchev–Trinajstić information content (AvgIpc) is 3.28. The van der Waals surface area contributed by atoms with Gasteiger partial charge in [-0.1, -0.05) is 36.4 Å². The molecule has 116 valence electrons. The number of carbonyl (C=O) groups is 1. The van der Waals surface area contributed by atoms with Crippen molar-refractivity contribution in [3.05, 3.63) is 88.5 Å². The summed E-state index contributed by atoms with van der Waals surface area (Å²) < 4.78 is 5.52. The molecule has 3 aromatic rings. The van der Waals surface area contributed by atoms with Crippen LogP contribution in [0.5, 0.6) is 0 Å². The molecule has 0 spiro atoms. The van der Waals surface area contributed by atoms with Crippen molar-refractivity contribution in [2.45, 2.75) is 5.92 Å². The Bertz CT molecular complexity index is 712. The van der Waals surface area contributed by atoms with Gasteiger partial charge in [0.15, 0.2) is 0 Å². The number of thiophene rings is 1. The van der Waals surface area contributed by atoms with Gasteiger partial charge in [-0.05, 0) is 35.2 Å². The first-order chi connectivity index (χ1) is 11.3. The van der Waals surface area contributed by atoms with Gasteiger partial charge in [0.2, 0.25) is 5.91 Å². The lowest BCUT2D eigenvalue weighted by atomic mass is 10.0. The molecule has 1 atom stereocenters. The van der Waals surface area contributed by atoms with E-state index >= 15 is 0 Å². The number of rotatable bonds is 6. The van der Waals surface area contributed by atoms with Crippen LogP contribution in [-0.2, 0) is 4.79 Å². The summed E-state index contributed by atoms with van der Waals surface area (Å²) in [6, 6.07) is 17.6. The van der Waals surface area contributed by atoms with Gasteiger partial charge in [0.25, 0.3) is 0 Å². The summed E-state index contributed by atoms with van der Waals surface area (Å²) in [5, 5.41) is 4.98. The van der Waals surface area contributed by atoms with Crippen LogP contribution in [0.15, 0.2) is 76.7 Å². The van der Waals surface area contributed by atoms with E-state index in [1.54, 1.807) is 23.7 Å². The highest BCUT2D eigenvalue weighted by Gasteiger charge is 2.18. The van der Waals surface area contributed by atoms with Crippen molar-refractivity contribution >= 4 is 23.3 Å². The molecule has 4 heteroatoms. The SMILES string of the molecule is O=C(/C=C/c1ccccc1)NC[C@@H](c1ccco1)c1cccs1. The molecule has 3 nitrogen and oxygen atoms in total. The summed E-state index contributed by atoms with van der Waals surface area (Å²) in [6.45, 7) is 0.506. The van der Waals surface area contributed by atoms with Crippen LogP contribution in [-0.4, -0.2) is 12.5 Å². The average molecular weight is 323 g/mol. The highest BCUT2D eigenvalue weighted by Crippen LogP contribution is 2.28. The van der Waals surface area contributed by atoms with Crippen molar-refractivity contribution < 1.29 is 9.21 Å². The normalized spacial score (nSPS) is 12.3. The second-order valence-corrected chi connectivity index (χ2v) is 6.05. The van der Waals surface area contributed by atoms with Gasteiger partial charge < -0.3 is 9.73 Å². The molecule has 0 radical (unpaired) electrons. The Morgan fingerprint density at radius 2 is 2.00 bits per heavy atom. The molecule has 0 aliphatic rings. The van der Waals surface area contributed by atoms with Gasteiger partial charge in [-0.15, -0.1) is 11.3 Å². The fraction of sp³-hybridized carbons (Fsp3) is 0.105. The number of amides is 1. The summed E-state index contributed by atoms with van der Waals surface area (Å²) in [7, 11) is 0. The van der Waals surface area contributed by atoms with E-state index in [1.165, 1.54) is 4.88 Å². The predicted octanol–water partition coefficient (Wildman–Crippen LogP) is 4.30. The van der Waals surface area contributed by atoms with E-state index in [1.807, 2.05) is 60.0 Å². The van der Waals surface area contributed by atoms with Crippen molar-refractivity contribution in [2.75, 3.05) is 6.54 Å². The van der Waals surface area contributed by atoms with Crippen LogP contribution in [0.2, 0.25) is 0 Å². The summed E-state index contributed by atoms with van der Waals surface area (Å²) in [6.07, 6.45) is 5.03. The Kier molecular flexibility index (Phi) is 5.06. The molecule has 23 heavy (non-hydrogen) atoms. The zero-order valence-corrected chi connectivity index (χ0v) is 13.3. The molecule has 0 aliphatic carbocycles. The molecule has 0 fully saturated rings. The van der Waals surface area contributed by atoms with E-state index in [0.29, 0.717) is 6.54 Å². The molecular formula is C19H17NO2S. The van der Waals surface area contributed by atoms with Gasteiger partial charge in [0.1, 0.15) is 5.76 Å². The topological polar surface area (TPSA) is 42.2 Å². The van der Waals surface area contributed by atoms with Crippen molar-refractivity contribution in [1.29, 1.82) is 0 Å². The zero-order valence-electron chi connectivity index (χ0n) is 12.5. The Morgan fingerprint density at radius 3 is 2.70 bits per heavy atom. The molecule has 0 saturated carbocycles. The largest absolute Gasteiger partial charge is 0.469 e. The van der Waals surface area contributed by atoms with Crippen LogP contribution < -0.4 is 5.32 Å². The fourth-order valence-electron chi connectivity index (χ4n) is 2.32. The van der Waals surface area contributed by atoms with E-state index in [9.17, 15) is 4.79 Å². The third kappa shape index (κ3) is 4.20. The van der Waals surface area contributed by atoms with Crippen molar-refractivity contribution in [3.63, 3.8) is 0 Å². The minimum atomic E-state index is -0.109. The molecule has 0 unspecified atom stereocenters. The van der Waals surface area contributed by atoms with Crippen LogP contribution in [0.1, 0.15) is 22.1 Å². The molecule has 1 amide bonds. The zero-order chi connectivity index (χ0) is 15.9. The Hall–Kier alpha value is -2.59. The summed E-state index contributed by atoms with van der Waals surface area (Å²) >= 11 is 1.66. The third-order valence-electron chi connectivity index (χ3n) is 3.48. The maximum atomic E-state index is 12.0. The van der Waals surface area contributed by atoms with Gasteiger partial charge in [-0.25, -0.2) is 0 Å². The quantitative estimate of drug-likeness (QED) is 0.687. The van der Waals surface area contributed by atoms with E-state index < -0.39 is 0 Å². The second-order valence-electron chi connectivity index (χ2n) is 5.07. The monoisotopic (exact) mass is 323 g/mol. The highest BCUT2D eigenvalue weighted by atomic mass is 32.1. The lowest BCUT2D eigenvalue weighted by Gasteiger charge is -2.13. The predicted molar refractivity (Wildman–Crippen MR) is 93.4 cm³/mol. The number of carbonyl (C=O) groups excluding carboxylic acids is 1. The van der Waals surface area contributed by atoms with Gasteiger partial charge >= 0.3 is 0 Å². The van der Waals surface area contributed by atoms with E-state index in [-0.39, 0.29) is 11.8 Å². The molecule has 2 aromatic heterocycles. The van der Waals surface area contributed by atoms with Crippen LogP contribution in [0, 0.1) is 0 Å². The Balaban J connectivity index is 1.63. The van der Waals surface area contributed by atoms with E-state index in [4.69, 9.17) is 4.42 Å². The van der Waals surface area contributed by atoms with Crippen LogP contribution in [0.4, 0.5) is 0 Å². The van der Waals surface area contributed by atoms with Crippen LogP contribution in [0.3, 0.4) is 0 Å². The lowest BCUT2D eigenvalue weighted by Crippen LogP contribution is -2.26. The second kappa shape index (κ2) is 7.61. The molecule has 1 N–H and O–H groups in total. The van der Waals surface area contributed by atoms with Crippen molar-refractivity contribution in [1.82, 2.24) is 5.32 Å². The molecule has 2 heterocycles. The van der Waals surface area contributed by atoms with Gasteiger partial charge in [0, 0.05) is 17.5 Å². The van der Waals surface area contributed by atoms with Gasteiger partial charge in [-0.2, -0.15) is 0 Å². The molecule has 3 rings (SSSR count). The summed E-state index contributed by atoms with van der Waals surface area (Å²) in [5.41, 5.74) is 1.00. The first-order valence-corrected chi connectivity index (χ1v) is 8.28. The fourth-order valence-corrected chi connectivity index (χ4v) is 3.15. The molecule has 1 aromatic carbocycles. The molecular weight excluding hydrogens is 306 g/mol. The smallest absolute Gasteiger partial charge is 0.244 e. The number of benzene rings is 1. The molecule has 0 bridgehead atoms.